The molecule has 5 rings (SSSR count). The zero-order valence-electron chi connectivity index (χ0n) is 16.9. The fraction of sp³-hybridized carbons (Fsp3) is 0.391. The molecule has 0 spiro atoms. The van der Waals surface area contributed by atoms with Crippen molar-refractivity contribution in [2.75, 3.05) is 36.0 Å². The molecule has 2 aliphatic rings. The van der Waals surface area contributed by atoms with Gasteiger partial charge in [0.05, 0.1) is 22.8 Å². The van der Waals surface area contributed by atoms with E-state index >= 15 is 0 Å². The van der Waals surface area contributed by atoms with Crippen LogP contribution in [0.5, 0.6) is 0 Å². The molecule has 0 unspecified atom stereocenters. The van der Waals surface area contributed by atoms with E-state index in [9.17, 15) is 4.79 Å². The Morgan fingerprint density at radius 1 is 0.967 bits per heavy atom. The monoisotopic (exact) mass is 400 g/mol. The maximum Gasteiger partial charge on any atom is 0.261 e. The number of aromatic nitrogens is 3. The number of nitrogens with zero attached hydrogens (tertiary/aromatic N) is 6. The lowest BCUT2D eigenvalue weighted by Crippen LogP contribution is -2.46. The Balaban J connectivity index is 1.32. The van der Waals surface area contributed by atoms with Gasteiger partial charge in [-0.2, -0.15) is 5.26 Å². The summed E-state index contributed by atoms with van der Waals surface area (Å²) in [5.74, 6) is 0.904. The van der Waals surface area contributed by atoms with Crippen molar-refractivity contribution in [1.82, 2.24) is 14.5 Å². The molecule has 0 N–H and O–H groups in total. The van der Waals surface area contributed by atoms with Crippen LogP contribution in [0.4, 0.5) is 11.5 Å². The molecular weight excluding hydrogens is 376 g/mol. The van der Waals surface area contributed by atoms with E-state index in [1.165, 1.54) is 12.8 Å². The normalized spacial score (nSPS) is 17.4. The number of hydrogen-bond acceptors (Lipinski definition) is 6. The molecule has 3 aromatic rings. The molecule has 30 heavy (non-hydrogen) atoms. The summed E-state index contributed by atoms with van der Waals surface area (Å²) < 4.78 is 1.83. The number of nitriles is 1. The van der Waals surface area contributed by atoms with Gasteiger partial charge in [0.15, 0.2) is 0 Å². The highest BCUT2D eigenvalue weighted by Crippen LogP contribution is 2.29. The number of benzene rings is 1. The van der Waals surface area contributed by atoms with Crippen molar-refractivity contribution in [3.8, 4) is 6.07 Å². The molecule has 2 aromatic heterocycles. The Hall–Kier alpha value is -3.40. The highest BCUT2D eigenvalue weighted by atomic mass is 16.1. The van der Waals surface area contributed by atoms with Gasteiger partial charge in [-0.25, -0.2) is 9.97 Å². The molecule has 0 bridgehead atoms. The van der Waals surface area contributed by atoms with Crippen LogP contribution in [-0.4, -0.2) is 40.7 Å². The topological polar surface area (TPSA) is 78.0 Å². The van der Waals surface area contributed by atoms with Gasteiger partial charge in [-0.3, -0.25) is 9.36 Å². The minimum atomic E-state index is 0.0789. The summed E-state index contributed by atoms with van der Waals surface area (Å²) >= 11 is 0. The van der Waals surface area contributed by atoms with Crippen LogP contribution in [0.3, 0.4) is 0 Å². The Bertz CT molecular complexity index is 1150. The van der Waals surface area contributed by atoms with Crippen LogP contribution in [-0.2, 0) is 0 Å². The highest BCUT2D eigenvalue weighted by molar-refractivity contribution is 5.81. The predicted octanol–water partition coefficient (Wildman–Crippen LogP) is 3.10. The summed E-state index contributed by atoms with van der Waals surface area (Å²) in [4.78, 5) is 26.5. The second kappa shape index (κ2) is 7.79. The van der Waals surface area contributed by atoms with Crippen LogP contribution in [0.25, 0.3) is 10.9 Å². The van der Waals surface area contributed by atoms with Crippen molar-refractivity contribution >= 4 is 22.4 Å². The molecule has 3 heterocycles. The number of pyridine rings is 1. The molecule has 1 aliphatic carbocycles. The van der Waals surface area contributed by atoms with Crippen molar-refractivity contribution in [1.29, 1.82) is 5.26 Å². The van der Waals surface area contributed by atoms with E-state index in [-0.39, 0.29) is 5.56 Å². The first-order chi connectivity index (χ1) is 14.7. The van der Waals surface area contributed by atoms with Crippen LogP contribution in [0.15, 0.2) is 47.7 Å². The molecule has 152 valence electrons. The van der Waals surface area contributed by atoms with E-state index in [0.717, 1.165) is 56.0 Å². The maximum absolute atomic E-state index is 12.9. The van der Waals surface area contributed by atoms with Gasteiger partial charge in [0, 0.05) is 44.1 Å². The molecule has 0 amide bonds. The Kier molecular flexibility index (Phi) is 4.83. The quantitative estimate of drug-likeness (QED) is 0.672. The smallest absolute Gasteiger partial charge is 0.261 e. The molecule has 7 heteroatoms. The molecule has 1 aromatic carbocycles. The minimum Gasteiger partial charge on any atom is -0.368 e. The third-order valence-electron chi connectivity index (χ3n) is 6.33. The molecule has 0 atom stereocenters. The minimum absolute atomic E-state index is 0.0789. The Morgan fingerprint density at radius 3 is 2.43 bits per heavy atom. The zero-order chi connectivity index (χ0) is 20.5. The second-order valence-electron chi connectivity index (χ2n) is 8.09. The van der Waals surface area contributed by atoms with Gasteiger partial charge in [-0.1, -0.05) is 12.8 Å². The average Bonchev–Trinajstić information content (AvgIpc) is 3.34. The van der Waals surface area contributed by atoms with Gasteiger partial charge < -0.3 is 9.80 Å². The summed E-state index contributed by atoms with van der Waals surface area (Å²) in [5, 5.41) is 9.63. The lowest BCUT2D eigenvalue weighted by Gasteiger charge is -2.36. The summed E-state index contributed by atoms with van der Waals surface area (Å²) in [6, 6.07) is 12.1. The van der Waals surface area contributed by atoms with E-state index in [4.69, 9.17) is 5.26 Å². The summed E-state index contributed by atoms with van der Waals surface area (Å²) in [6.45, 7) is 3.44. The second-order valence-corrected chi connectivity index (χ2v) is 8.09. The van der Waals surface area contributed by atoms with E-state index < -0.39 is 0 Å². The third kappa shape index (κ3) is 3.39. The van der Waals surface area contributed by atoms with Crippen molar-refractivity contribution in [2.24, 2.45) is 0 Å². The van der Waals surface area contributed by atoms with Crippen molar-refractivity contribution in [3.63, 3.8) is 0 Å². The standard InChI is InChI=1S/C23H24N6O/c24-14-17-5-8-22(25-15-17)28-11-9-27(10-12-28)19-6-7-20-21(13-19)26-16-29(23(20)30)18-3-1-2-4-18/h5-8,13,15-16,18H,1-4,9-12H2. The zero-order valence-corrected chi connectivity index (χ0v) is 16.9. The van der Waals surface area contributed by atoms with Gasteiger partial charge in [-0.05, 0) is 43.2 Å². The SMILES string of the molecule is N#Cc1ccc(N2CCN(c3ccc4c(=O)n(C5CCCC5)cnc4c3)CC2)nc1. The van der Waals surface area contributed by atoms with E-state index in [1.54, 1.807) is 12.5 Å². The van der Waals surface area contributed by atoms with Crippen molar-refractivity contribution in [2.45, 2.75) is 31.7 Å². The van der Waals surface area contributed by atoms with Gasteiger partial charge in [-0.15, -0.1) is 0 Å². The number of hydrogen-bond donors (Lipinski definition) is 0. The molecule has 1 saturated carbocycles. The van der Waals surface area contributed by atoms with Crippen LogP contribution < -0.4 is 15.4 Å². The number of piperazine rings is 1. The summed E-state index contributed by atoms with van der Waals surface area (Å²) in [5.41, 5.74) is 2.52. The first-order valence-corrected chi connectivity index (χ1v) is 10.6. The molecular formula is C23H24N6O. The van der Waals surface area contributed by atoms with Crippen molar-refractivity contribution < 1.29 is 0 Å². The fourth-order valence-corrected chi connectivity index (χ4v) is 4.60. The van der Waals surface area contributed by atoms with Gasteiger partial charge in [0.1, 0.15) is 11.9 Å². The van der Waals surface area contributed by atoms with Crippen LogP contribution in [0.1, 0.15) is 37.3 Å². The highest BCUT2D eigenvalue weighted by Gasteiger charge is 2.21. The molecule has 1 aliphatic heterocycles. The lowest BCUT2D eigenvalue weighted by molar-refractivity contribution is 0.499. The average molecular weight is 400 g/mol. The fourth-order valence-electron chi connectivity index (χ4n) is 4.60. The molecule has 2 fully saturated rings. The molecule has 0 radical (unpaired) electrons. The van der Waals surface area contributed by atoms with Crippen LogP contribution in [0, 0.1) is 11.3 Å². The van der Waals surface area contributed by atoms with Gasteiger partial charge in [0.25, 0.3) is 5.56 Å². The molecule has 7 nitrogen and oxygen atoms in total. The van der Waals surface area contributed by atoms with Crippen molar-refractivity contribution in [3.05, 3.63) is 58.8 Å². The van der Waals surface area contributed by atoms with Crippen LogP contribution >= 0.6 is 0 Å². The first-order valence-electron chi connectivity index (χ1n) is 10.6. The maximum atomic E-state index is 12.9. The Morgan fingerprint density at radius 2 is 1.73 bits per heavy atom. The molecule has 1 saturated heterocycles. The first kappa shape index (κ1) is 18.6. The van der Waals surface area contributed by atoms with Gasteiger partial charge >= 0.3 is 0 Å². The number of anilines is 2. The number of rotatable bonds is 3. The van der Waals surface area contributed by atoms with E-state index in [0.29, 0.717) is 17.0 Å². The number of fused-ring (bicyclic) bond motifs is 1. The predicted molar refractivity (Wildman–Crippen MR) is 117 cm³/mol. The largest absolute Gasteiger partial charge is 0.368 e. The van der Waals surface area contributed by atoms with E-state index in [1.807, 2.05) is 34.9 Å². The Labute approximate surface area is 175 Å². The lowest BCUT2D eigenvalue weighted by atomic mass is 10.1. The summed E-state index contributed by atoms with van der Waals surface area (Å²) in [7, 11) is 0. The van der Waals surface area contributed by atoms with E-state index in [2.05, 4.69) is 25.8 Å². The van der Waals surface area contributed by atoms with Crippen LogP contribution in [0.2, 0.25) is 0 Å². The summed E-state index contributed by atoms with van der Waals surface area (Å²) in [6.07, 6.45) is 7.89. The third-order valence-corrected chi connectivity index (χ3v) is 6.33. The van der Waals surface area contributed by atoms with Gasteiger partial charge in [0.2, 0.25) is 0 Å².